The maximum absolute atomic E-state index is 13.6. The van der Waals surface area contributed by atoms with E-state index in [0.717, 1.165) is 0 Å². The summed E-state index contributed by atoms with van der Waals surface area (Å²) in [6.07, 6.45) is 6.40. The van der Waals surface area contributed by atoms with E-state index in [1.807, 2.05) is 12.1 Å². The number of hydrogen-bond donors (Lipinski definition) is 1. The van der Waals surface area contributed by atoms with Gasteiger partial charge in [-0.2, -0.15) is 5.10 Å². The molecule has 3 heterocycles. The number of anilines is 1. The Kier molecular flexibility index (Phi) is 6.13. The van der Waals surface area contributed by atoms with Gasteiger partial charge in [-0.1, -0.05) is 6.07 Å². The van der Waals surface area contributed by atoms with Gasteiger partial charge in [0.05, 0.1) is 17.8 Å². The molecule has 0 bridgehead atoms. The number of rotatable bonds is 5. The molecule has 0 unspecified atom stereocenters. The average molecular weight is 475 g/mol. The number of nitrogens with zero attached hydrogens (tertiary/aromatic N) is 4. The normalized spacial score (nSPS) is 15.7. The predicted molar refractivity (Wildman–Crippen MR) is 127 cm³/mol. The molecule has 1 N–H and O–H groups in total. The molecule has 1 saturated heterocycles. The lowest BCUT2D eigenvalue weighted by atomic mass is 9.96. The highest BCUT2D eigenvalue weighted by Crippen LogP contribution is 2.25. The second-order valence-electron chi connectivity index (χ2n) is 8.45. The number of aromatic nitrogens is 3. The highest BCUT2D eigenvalue weighted by Gasteiger charge is 2.31. The fourth-order valence-corrected chi connectivity index (χ4v) is 4.34. The summed E-state index contributed by atoms with van der Waals surface area (Å²) in [5, 5.41) is 7.16. The van der Waals surface area contributed by atoms with E-state index >= 15 is 0 Å². The second kappa shape index (κ2) is 9.54. The molecule has 1 fully saturated rings. The Morgan fingerprint density at radius 2 is 1.74 bits per heavy atom. The fraction of sp³-hybridized carbons (Fsp3) is 0.192. The standard InChI is InChI=1S/C26H23F2N5O2/c27-19-8-10-22(11-9-19)33-25(31-12-1-2-13-31)23(16-29-33)26(35)32-14-4-5-18(17-32)24(34)30-21-7-3-6-20(28)15-21/h1-3,6-13,15-16,18H,4-5,14,17H2,(H,30,34)/t18-/m1/s1. The summed E-state index contributed by atoms with van der Waals surface area (Å²) in [6.45, 7) is 0.752. The number of piperidine rings is 1. The molecule has 2 aromatic heterocycles. The van der Waals surface area contributed by atoms with Crippen molar-refractivity contribution < 1.29 is 18.4 Å². The number of carbonyl (C=O) groups excluding carboxylic acids is 2. The summed E-state index contributed by atoms with van der Waals surface area (Å²) in [7, 11) is 0. The number of halogens is 2. The number of carbonyl (C=O) groups is 2. The molecule has 5 rings (SSSR count). The van der Waals surface area contributed by atoms with Crippen molar-refractivity contribution in [1.29, 1.82) is 0 Å². The van der Waals surface area contributed by atoms with Crippen LogP contribution in [-0.4, -0.2) is 44.2 Å². The average Bonchev–Trinajstić information content (AvgIpc) is 3.54. The van der Waals surface area contributed by atoms with Crippen LogP contribution in [0, 0.1) is 17.6 Å². The summed E-state index contributed by atoms with van der Waals surface area (Å²) >= 11 is 0. The Bertz CT molecular complexity index is 1350. The maximum Gasteiger partial charge on any atom is 0.259 e. The third-order valence-corrected chi connectivity index (χ3v) is 6.07. The van der Waals surface area contributed by atoms with Crippen LogP contribution in [0.2, 0.25) is 0 Å². The lowest BCUT2D eigenvalue weighted by molar-refractivity contribution is -0.121. The number of benzene rings is 2. The Balaban J connectivity index is 1.40. The highest BCUT2D eigenvalue weighted by molar-refractivity contribution is 5.98. The molecule has 0 spiro atoms. The maximum atomic E-state index is 13.6. The van der Waals surface area contributed by atoms with Crippen molar-refractivity contribution in [2.45, 2.75) is 12.8 Å². The van der Waals surface area contributed by atoms with Gasteiger partial charge in [0, 0.05) is 31.2 Å². The molecule has 0 saturated carbocycles. The first-order chi connectivity index (χ1) is 17.0. The number of nitrogens with one attached hydrogen (secondary N) is 1. The van der Waals surface area contributed by atoms with Gasteiger partial charge in [0.1, 0.15) is 17.2 Å². The van der Waals surface area contributed by atoms with Gasteiger partial charge in [-0.3, -0.25) is 9.59 Å². The van der Waals surface area contributed by atoms with Crippen LogP contribution in [0.15, 0.2) is 79.3 Å². The van der Waals surface area contributed by atoms with E-state index in [1.165, 1.54) is 36.5 Å². The van der Waals surface area contributed by atoms with Crippen LogP contribution in [0.1, 0.15) is 23.2 Å². The zero-order chi connectivity index (χ0) is 24.4. The molecule has 1 atom stereocenters. The van der Waals surface area contributed by atoms with E-state index in [1.54, 1.807) is 44.7 Å². The highest BCUT2D eigenvalue weighted by atomic mass is 19.1. The molecular formula is C26H23F2N5O2. The first-order valence-electron chi connectivity index (χ1n) is 11.3. The Morgan fingerprint density at radius 3 is 2.49 bits per heavy atom. The van der Waals surface area contributed by atoms with Crippen LogP contribution >= 0.6 is 0 Å². The van der Waals surface area contributed by atoms with Gasteiger partial charge in [-0.05, 0) is 67.4 Å². The molecular weight excluding hydrogens is 452 g/mol. The third kappa shape index (κ3) is 4.70. The van der Waals surface area contributed by atoms with E-state index in [9.17, 15) is 18.4 Å². The number of likely N-dealkylation sites (tertiary alicyclic amines) is 1. The van der Waals surface area contributed by atoms with Crippen LogP contribution < -0.4 is 5.32 Å². The van der Waals surface area contributed by atoms with Gasteiger partial charge in [0.15, 0.2) is 5.82 Å². The molecule has 0 radical (unpaired) electrons. The molecule has 2 aromatic carbocycles. The Morgan fingerprint density at radius 1 is 0.971 bits per heavy atom. The molecule has 1 aliphatic rings. The van der Waals surface area contributed by atoms with Crippen LogP contribution in [0.25, 0.3) is 11.5 Å². The zero-order valence-corrected chi connectivity index (χ0v) is 18.8. The first kappa shape index (κ1) is 22.5. The van der Waals surface area contributed by atoms with Crippen molar-refractivity contribution >= 4 is 17.5 Å². The minimum atomic E-state index is -0.432. The van der Waals surface area contributed by atoms with Gasteiger partial charge in [0.25, 0.3) is 5.91 Å². The van der Waals surface area contributed by atoms with Crippen LogP contribution in [-0.2, 0) is 4.79 Å². The molecule has 178 valence electrons. The minimum Gasteiger partial charge on any atom is -0.338 e. The van der Waals surface area contributed by atoms with E-state index in [-0.39, 0.29) is 24.2 Å². The third-order valence-electron chi connectivity index (χ3n) is 6.07. The van der Waals surface area contributed by atoms with Gasteiger partial charge in [-0.15, -0.1) is 0 Å². The van der Waals surface area contributed by atoms with Crippen LogP contribution in [0.4, 0.5) is 14.5 Å². The van der Waals surface area contributed by atoms with E-state index < -0.39 is 11.7 Å². The lowest BCUT2D eigenvalue weighted by Gasteiger charge is -2.32. The lowest BCUT2D eigenvalue weighted by Crippen LogP contribution is -2.44. The van der Waals surface area contributed by atoms with E-state index in [4.69, 9.17) is 0 Å². The van der Waals surface area contributed by atoms with Crippen molar-refractivity contribution in [3.63, 3.8) is 0 Å². The van der Waals surface area contributed by atoms with Crippen molar-refractivity contribution in [2.75, 3.05) is 18.4 Å². The molecule has 0 aliphatic carbocycles. The van der Waals surface area contributed by atoms with E-state index in [2.05, 4.69) is 10.4 Å². The quantitative estimate of drug-likeness (QED) is 0.464. The van der Waals surface area contributed by atoms with Gasteiger partial charge < -0.3 is 14.8 Å². The van der Waals surface area contributed by atoms with Crippen molar-refractivity contribution in [3.8, 4) is 11.5 Å². The van der Waals surface area contributed by atoms with Crippen LogP contribution in [0.5, 0.6) is 0 Å². The van der Waals surface area contributed by atoms with Gasteiger partial charge in [0.2, 0.25) is 5.91 Å². The minimum absolute atomic E-state index is 0.243. The molecule has 7 nitrogen and oxygen atoms in total. The Labute approximate surface area is 200 Å². The molecule has 1 aliphatic heterocycles. The van der Waals surface area contributed by atoms with E-state index in [0.29, 0.717) is 42.1 Å². The van der Waals surface area contributed by atoms with Gasteiger partial charge >= 0.3 is 0 Å². The molecule has 9 heteroatoms. The number of amides is 2. The summed E-state index contributed by atoms with van der Waals surface area (Å²) in [5.74, 6) is -1.18. The molecule has 2 amide bonds. The first-order valence-corrected chi connectivity index (χ1v) is 11.3. The van der Waals surface area contributed by atoms with Crippen LogP contribution in [0.3, 0.4) is 0 Å². The summed E-state index contributed by atoms with van der Waals surface area (Å²) in [4.78, 5) is 28.1. The second-order valence-corrected chi connectivity index (χ2v) is 8.45. The smallest absolute Gasteiger partial charge is 0.259 e. The fourth-order valence-electron chi connectivity index (χ4n) is 4.34. The topological polar surface area (TPSA) is 72.2 Å². The molecule has 35 heavy (non-hydrogen) atoms. The monoisotopic (exact) mass is 475 g/mol. The summed E-state index contributed by atoms with van der Waals surface area (Å²) in [6, 6.07) is 15.3. The van der Waals surface area contributed by atoms with Crippen molar-refractivity contribution in [3.05, 3.63) is 96.5 Å². The SMILES string of the molecule is O=C(Nc1cccc(F)c1)[C@@H]1CCCN(C(=O)c2cnn(-c3ccc(F)cc3)c2-n2cccc2)C1. The Hall–Kier alpha value is -4.27. The summed E-state index contributed by atoms with van der Waals surface area (Å²) < 4.78 is 30.3. The van der Waals surface area contributed by atoms with Gasteiger partial charge in [-0.25, -0.2) is 13.5 Å². The van der Waals surface area contributed by atoms with Crippen molar-refractivity contribution in [1.82, 2.24) is 19.2 Å². The predicted octanol–water partition coefficient (Wildman–Crippen LogP) is 4.43. The summed E-state index contributed by atoms with van der Waals surface area (Å²) in [5.41, 5.74) is 1.37. The zero-order valence-electron chi connectivity index (χ0n) is 18.8. The van der Waals surface area contributed by atoms with Crippen molar-refractivity contribution in [2.24, 2.45) is 5.92 Å². The molecule has 4 aromatic rings. The number of hydrogen-bond acceptors (Lipinski definition) is 3. The largest absolute Gasteiger partial charge is 0.338 e.